The van der Waals surface area contributed by atoms with Crippen LogP contribution in [0.5, 0.6) is 17.2 Å². The zero-order valence-electron chi connectivity index (χ0n) is 17.7. The SMILES string of the molecule is COC/C=C/c1ccc(OC(COC)C(O)c2ccc(C)c(OC)c2)c(OC)c1. The van der Waals surface area contributed by atoms with Crippen LogP contribution in [0.2, 0.25) is 0 Å². The Morgan fingerprint density at radius 3 is 2.31 bits per heavy atom. The molecule has 0 saturated heterocycles. The number of benzene rings is 2. The van der Waals surface area contributed by atoms with E-state index in [0.717, 1.165) is 11.1 Å². The highest BCUT2D eigenvalue weighted by molar-refractivity contribution is 5.56. The standard InChI is InChI=1S/C23H30O6/c1-16-8-10-18(14-20(16)27-4)23(24)22(15-26-3)29-19-11-9-17(7-6-12-25-2)13-21(19)28-5/h6-11,13-14,22-24H,12,15H2,1-5H3/b7-6+. The minimum atomic E-state index is -0.907. The predicted octanol–water partition coefficient (Wildman–Crippen LogP) is 3.80. The van der Waals surface area contributed by atoms with Gasteiger partial charge in [-0.2, -0.15) is 0 Å². The van der Waals surface area contributed by atoms with Crippen molar-refractivity contribution in [1.29, 1.82) is 0 Å². The first-order chi connectivity index (χ1) is 14.0. The predicted molar refractivity (Wildman–Crippen MR) is 113 cm³/mol. The van der Waals surface area contributed by atoms with Crippen molar-refractivity contribution < 1.29 is 28.8 Å². The fourth-order valence-corrected chi connectivity index (χ4v) is 2.92. The Balaban J connectivity index is 2.25. The highest BCUT2D eigenvalue weighted by Crippen LogP contribution is 2.33. The number of aliphatic hydroxyl groups is 1. The third-order valence-electron chi connectivity index (χ3n) is 4.50. The fourth-order valence-electron chi connectivity index (χ4n) is 2.92. The number of hydrogen-bond donors (Lipinski definition) is 1. The molecule has 0 saturated carbocycles. The quantitative estimate of drug-likeness (QED) is 0.617. The molecule has 0 bridgehead atoms. The molecule has 1 N–H and O–H groups in total. The van der Waals surface area contributed by atoms with Crippen molar-refractivity contribution in [1.82, 2.24) is 0 Å². The van der Waals surface area contributed by atoms with Crippen molar-refractivity contribution in [2.45, 2.75) is 19.1 Å². The Bertz CT molecular complexity index is 802. The summed E-state index contributed by atoms with van der Waals surface area (Å²) in [4.78, 5) is 0. The van der Waals surface area contributed by atoms with E-state index in [2.05, 4.69) is 0 Å². The van der Waals surface area contributed by atoms with E-state index in [-0.39, 0.29) is 6.61 Å². The molecule has 2 atom stereocenters. The van der Waals surface area contributed by atoms with Crippen LogP contribution in [0.3, 0.4) is 0 Å². The zero-order chi connectivity index (χ0) is 21.2. The molecule has 0 fully saturated rings. The summed E-state index contributed by atoms with van der Waals surface area (Å²) < 4.78 is 27.2. The minimum Gasteiger partial charge on any atom is -0.496 e. The van der Waals surface area contributed by atoms with Crippen LogP contribution in [0.15, 0.2) is 42.5 Å². The lowest BCUT2D eigenvalue weighted by molar-refractivity contribution is -0.0133. The third-order valence-corrected chi connectivity index (χ3v) is 4.50. The number of aliphatic hydroxyl groups excluding tert-OH is 1. The Labute approximate surface area is 172 Å². The fraction of sp³-hybridized carbons (Fsp3) is 0.391. The van der Waals surface area contributed by atoms with Crippen molar-refractivity contribution in [3.63, 3.8) is 0 Å². The van der Waals surface area contributed by atoms with Crippen LogP contribution in [0, 0.1) is 6.92 Å². The average molecular weight is 402 g/mol. The Morgan fingerprint density at radius 1 is 0.897 bits per heavy atom. The molecular formula is C23H30O6. The van der Waals surface area contributed by atoms with Crippen molar-refractivity contribution in [2.24, 2.45) is 0 Å². The molecule has 0 aliphatic carbocycles. The highest BCUT2D eigenvalue weighted by Gasteiger charge is 2.25. The van der Waals surface area contributed by atoms with Gasteiger partial charge in [0.05, 0.1) is 27.4 Å². The first-order valence-electron chi connectivity index (χ1n) is 9.35. The van der Waals surface area contributed by atoms with Gasteiger partial charge in [0.15, 0.2) is 17.6 Å². The maximum absolute atomic E-state index is 10.9. The van der Waals surface area contributed by atoms with E-state index in [1.54, 1.807) is 28.4 Å². The van der Waals surface area contributed by atoms with Gasteiger partial charge in [-0.15, -0.1) is 0 Å². The summed E-state index contributed by atoms with van der Waals surface area (Å²) in [7, 11) is 6.40. The highest BCUT2D eigenvalue weighted by atomic mass is 16.6. The lowest BCUT2D eigenvalue weighted by Crippen LogP contribution is -2.30. The van der Waals surface area contributed by atoms with Crippen LogP contribution < -0.4 is 14.2 Å². The van der Waals surface area contributed by atoms with E-state index in [9.17, 15) is 5.11 Å². The molecule has 2 aromatic rings. The van der Waals surface area contributed by atoms with Gasteiger partial charge in [0.2, 0.25) is 0 Å². The van der Waals surface area contributed by atoms with E-state index in [4.69, 9.17) is 23.7 Å². The summed E-state index contributed by atoms with van der Waals surface area (Å²) in [6.07, 6.45) is 2.32. The number of ether oxygens (including phenoxy) is 5. The summed E-state index contributed by atoms with van der Waals surface area (Å²) in [5.74, 6) is 1.80. The van der Waals surface area contributed by atoms with Crippen molar-refractivity contribution >= 4 is 6.08 Å². The molecule has 2 rings (SSSR count). The monoisotopic (exact) mass is 402 g/mol. The maximum Gasteiger partial charge on any atom is 0.161 e. The van der Waals surface area contributed by atoms with Crippen LogP contribution in [-0.4, -0.2) is 52.9 Å². The normalized spacial score (nSPS) is 13.3. The van der Waals surface area contributed by atoms with Crippen molar-refractivity contribution in [2.75, 3.05) is 41.7 Å². The molecule has 6 heteroatoms. The first-order valence-corrected chi connectivity index (χ1v) is 9.35. The number of methoxy groups -OCH3 is 4. The molecule has 0 amide bonds. The van der Waals surface area contributed by atoms with E-state index in [1.807, 2.05) is 55.5 Å². The second-order valence-electron chi connectivity index (χ2n) is 6.55. The molecule has 29 heavy (non-hydrogen) atoms. The lowest BCUT2D eigenvalue weighted by Gasteiger charge is -2.25. The molecule has 0 aliphatic rings. The Hall–Kier alpha value is -2.54. The Kier molecular flexibility index (Phi) is 8.99. The smallest absolute Gasteiger partial charge is 0.161 e. The largest absolute Gasteiger partial charge is 0.496 e. The first kappa shape index (κ1) is 22.7. The van der Waals surface area contributed by atoms with Gasteiger partial charge >= 0.3 is 0 Å². The topological polar surface area (TPSA) is 66.4 Å². The number of hydrogen-bond acceptors (Lipinski definition) is 6. The van der Waals surface area contributed by atoms with Crippen molar-refractivity contribution in [3.8, 4) is 17.2 Å². The van der Waals surface area contributed by atoms with Gasteiger partial charge in [0.1, 0.15) is 11.9 Å². The van der Waals surface area contributed by atoms with Gasteiger partial charge in [-0.25, -0.2) is 0 Å². The van der Waals surface area contributed by atoms with E-state index >= 15 is 0 Å². The molecule has 0 spiro atoms. The molecule has 2 unspecified atom stereocenters. The molecule has 6 nitrogen and oxygen atoms in total. The van der Waals surface area contributed by atoms with E-state index < -0.39 is 12.2 Å². The van der Waals surface area contributed by atoms with Gasteiger partial charge in [0.25, 0.3) is 0 Å². The van der Waals surface area contributed by atoms with E-state index in [1.165, 1.54) is 0 Å². The van der Waals surface area contributed by atoms with Crippen LogP contribution in [0.1, 0.15) is 22.8 Å². The van der Waals surface area contributed by atoms with Crippen LogP contribution in [0.25, 0.3) is 6.08 Å². The number of aryl methyl sites for hydroxylation is 1. The zero-order valence-corrected chi connectivity index (χ0v) is 17.7. The number of rotatable bonds is 11. The van der Waals surface area contributed by atoms with Gasteiger partial charge in [0, 0.05) is 14.2 Å². The average Bonchev–Trinajstić information content (AvgIpc) is 2.74. The van der Waals surface area contributed by atoms with Gasteiger partial charge in [-0.05, 0) is 41.8 Å². The summed E-state index contributed by atoms with van der Waals surface area (Å²) >= 11 is 0. The molecule has 2 aromatic carbocycles. The van der Waals surface area contributed by atoms with Gasteiger partial charge < -0.3 is 28.8 Å². The summed E-state index contributed by atoms with van der Waals surface area (Å²) in [5.41, 5.74) is 2.64. The molecule has 158 valence electrons. The summed E-state index contributed by atoms with van der Waals surface area (Å²) in [6, 6.07) is 11.2. The summed E-state index contributed by atoms with van der Waals surface area (Å²) in [5, 5.41) is 10.9. The summed E-state index contributed by atoms with van der Waals surface area (Å²) in [6.45, 7) is 2.68. The van der Waals surface area contributed by atoms with Crippen LogP contribution in [0.4, 0.5) is 0 Å². The maximum atomic E-state index is 10.9. The molecule has 0 heterocycles. The molecule has 0 aliphatic heterocycles. The lowest BCUT2D eigenvalue weighted by atomic mass is 10.0. The van der Waals surface area contributed by atoms with Gasteiger partial charge in [-0.1, -0.05) is 30.4 Å². The van der Waals surface area contributed by atoms with Crippen molar-refractivity contribution in [3.05, 3.63) is 59.2 Å². The van der Waals surface area contributed by atoms with Gasteiger partial charge in [-0.3, -0.25) is 0 Å². The minimum absolute atomic E-state index is 0.204. The van der Waals surface area contributed by atoms with E-state index in [0.29, 0.717) is 29.4 Å². The van der Waals surface area contributed by atoms with Crippen LogP contribution >= 0.6 is 0 Å². The molecule has 0 radical (unpaired) electrons. The van der Waals surface area contributed by atoms with Crippen LogP contribution in [-0.2, 0) is 9.47 Å². The molecule has 0 aromatic heterocycles. The third kappa shape index (κ3) is 6.22. The second kappa shape index (κ2) is 11.5. The second-order valence-corrected chi connectivity index (χ2v) is 6.55. The molecular weight excluding hydrogens is 372 g/mol. The Morgan fingerprint density at radius 2 is 1.66 bits per heavy atom.